The number of methoxy groups -OCH3 is 1. The summed E-state index contributed by atoms with van der Waals surface area (Å²) in [6.07, 6.45) is -0.939. The first-order valence-corrected chi connectivity index (χ1v) is 9.55. The van der Waals surface area contributed by atoms with Crippen LogP contribution in [0, 0.1) is 6.92 Å². The van der Waals surface area contributed by atoms with Gasteiger partial charge in [-0.15, -0.1) is 0 Å². The summed E-state index contributed by atoms with van der Waals surface area (Å²) in [4.78, 5) is 30.6. The highest BCUT2D eigenvalue weighted by Crippen LogP contribution is 2.22. The van der Waals surface area contributed by atoms with Crippen LogP contribution in [0.1, 0.15) is 48.4 Å². The largest absolute Gasteiger partial charge is 0.480 e. The number of aromatic nitrogens is 2. The number of aryl methyl sites for hydroxylation is 1. The van der Waals surface area contributed by atoms with Gasteiger partial charge in [0.1, 0.15) is 11.1 Å². The maximum absolute atomic E-state index is 12.5. The Hall–Kier alpha value is -3.30. The number of pyridine rings is 2. The SMILES string of the molecule is CC1(C)NC1=O.COc1nc(OCC(F)F)ccc1C(=O)NC(C)c1ccnc(C)c1. The number of alkyl halides is 2. The number of hydrogen-bond donors (Lipinski definition) is 2. The van der Waals surface area contributed by atoms with Crippen molar-refractivity contribution in [2.24, 2.45) is 0 Å². The van der Waals surface area contributed by atoms with E-state index >= 15 is 0 Å². The molecule has 0 aliphatic carbocycles. The maximum atomic E-state index is 12.5. The molecule has 31 heavy (non-hydrogen) atoms. The van der Waals surface area contributed by atoms with Crippen LogP contribution in [0.25, 0.3) is 0 Å². The molecule has 2 N–H and O–H groups in total. The molecule has 1 atom stereocenters. The molecule has 1 unspecified atom stereocenters. The summed E-state index contributed by atoms with van der Waals surface area (Å²) >= 11 is 0. The van der Waals surface area contributed by atoms with Crippen molar-refractivity contribution in [3.05, 3.63) is 47.3 Å². The van der Waals surface area contributed by atoms with E-state index in [0.29, 0.717) is 0 Å². The summed E-state index contributed by atoms with van der Waals surface area (Å²) < 4.78 is 34.3. The molecule has 10 heteroatoms. The molecular formula is C21H26F2N4O4. The quantitative estimate of drug-likeness (QED) is 0.646. The number of carbonyl (C=O) groups is 2. The van der Waals surface area contributed by atoms with Crippen molar-refractivity contribution in [2.75, 3.05) is 13.7 Å². The summed E-state index contributed by atoms with van der Waals surface area (Å²) in [7, 11) is 1.34. The number of carbonyl (C=O) groups excluding carboxylic acids is 2. The average Bonchev–Trinajstić information content (AvgIpc) is 3.29. The molecule has 0 spiro atoms. The number of nitrogens with zero attached hydrogens (tertiary/aromatic N) is 2. The van der Waals surface area contributed by atoms with Gasteiger partial charge < -0.3 is 20.1 Å². The van der Waals surface area contributed by atoms with Gasteiger partial charge in [0.2, 0.25) is 17.7 Å². The van der Waals surface area contributed by atoms with Crippen molar-refractivity contribution in [2.45, 2.75) is 45.7 Å². The Balaban J connectivity index is 0.000000488. The Bertz CT molecular complexity index is 937. The van der Waals surface area contributed by atoms with Crippen LogP contribution in [0.3, 0.4) is 0 Å². The minimum absolute atomic E-state index is 0.00220. The fraction of sp³-hybridized carbons (Fsp3) is 0.429. The number of nitrogens with one attached hydrogen (secondary N) is 2. The minimum Gasteiger partial charge on any atom is -0.480 e. The Morgan fingerprint density at radius 2 is 1.94 bits per heavy atom. The fourth-order valence-corrected chi connectivity index (χ4v) is 2.43. The van der Waals surface area contributed by atoms with Gasteiger partial charge in [0.05, 0.1) is 13.2 Å². The highest BCUT2D eigenvalue weighted by Gasteiger charge is 2.43. The molecule has 168 valence electrons. The van der Waals surface area contributed by atoms with Crippen molar-refractivity contribution >= 4 is 11.8 Å². The zero-order valence-electron chi connectivity index (χ0n) is 18.0. The van der Waals surface area contributed by atoms with Gasteiger partial charge in [-0.2, -0.15) is 4.98 Å². The third-order valence-corrected chi connectivity index (χ3v) is 4.33. The van der Waals surface area contributed by atoms with E-state index in [9.17, 15) is 18.4 Å². The molecular weight excluding hydrogens is 410 g/mol. The molecule has 2 aromatic rings. The van der Waals surface area contributed by atoms with Gasteiger partial charge >= 0.3 is 0 Å². The third-order valence-electron chi connectivity index (χ3n) is 4.33. The zero-order chi connectivity index (χ0) is 23.2. The monoisotopic (exact) mass is 436 g/mol. The van der Waals surface area contributed by atoms with Crippen LogP contribution in [0.2, 0.25) is 0 Å². The van der Waals surface area contributed by atoms with Gasteiger partial charge in [0.15, 0.2) is 6.61 Å². The van der Waals surface area contributed by atoms with Gasteiger partial charge in [0.25, 0.3) is 12.3 Å². The second-order valence-corrected chi connectivity index (χ2v) is 7.41. The van der Waals surface area contributed by atoms with Crippen LogP contribution in [0.15, 0.2) is 30.5 Å². The van der Waals surface area contributed by atoms with Crippen molar-refractivity contribution < 1.29 is 27.8 Å². The number of halogens is 2. The average molecular weight is 436 g/mol. The van der Waals surface area contributed by atoms with E-state index < -0.39 is 18.9 Å². The van der Waals surface area contributed by atoms with E-state index in [1.807, 2.05) is 39.8 Å². The smallest absolute Gasteiger partial charge is 0.272 e. The Kier molecular flexibility index (Phi) is 7.84. The lowest BCUT2D eigenvalue weighted by Gasteiger charge is -2.16. The van der Waals surface area contributed by atoms with E-state index in [-0.39, 0.29) is 34.8 Å². The van der Waals surface area contributed by atoms with Crippen LogP contribution >= 0.6 is 0 Å². The normalized spacial score (nSPS) is 14.6. The maximum Gasteiger partial charge on any atom is 0.272 e. The van der Waals surface area contributed by atoms with E-state index in [0.717, 1.165) is 11.3 Å². The van der Waals surface area contributed by atoms with Crippen molar-refractivity contribution in [3.63, 3.8) is 0 Å². The molecule has 1 saturated heterocycles. The second-order valence-electron chi connectivity index (χ2n) is 7.41. The summed E-state index contributed by atoms with van der Waals surface area (Å²) in [6, 6.07) is 6.21. The van der Waals surface area contributed by atoms with Crippen molar-refractivity contribution in [1.82, 2.24) is 20.6 Å². The molecule has 0 bridgehead atoms. The highest BCUT2D eigenvalue weighted by atomic mass is 19.3. The number of hydrogen-bond acceptors (Lipinski definition) is 6. The Morgan fingerprint density at radius 3 is 2.45 bits per heavy atom. The summed E-state index contributed by atoms with van der Waals surface area (Å²) in [5.74, 6) is -0.275. The molecule has 1 aliphatic rings. The van der Waals surface area contributed by atoms with Crippen LogP contribution in [0.4, 0.5) is 8.78 Å². The fourth-order valence-electron chi connectivity index (χ4n) is 2.43. The van der Waals surface area contributed by atoms with Gasteiger partial charge in [-0.25, -0.2) is 8.78 Å². The molecule has 2 aromatic heterocycles. The number of rotatable bonds is 7. The molecule has 2 amide bonds. The Labute approximate surface area is 179 Å². The number of ether oxygens (including phenoxy) is 2. The van der Waals surface area contributed by atoms with Crippen LogP contribution in [-0.2, 0) is 4.79 Å². The van der Waals surface area contributed by atoms with Gasteiger partial charge in [0, 0.05) is 18.0 Å². The lowest BCUT2D eigenvalue weighted by atomic mass is 10.1. The molecule has 1 fully saturated rings. The summed E-state index contributed by atoms with van der Waals surface area (Å²) in [5, 5.41) is 5.47. The highest BCUT2D eigenvalue weighted by molar-refractivity contribution is 6.00. The third kappa shape index (κ3) is 7.16. The zero-order valence-corrected chi connectivity index (χ0v) is 18.0. The molecule has 0 radical (unpaired) electrons. The minimum atomic E-state index is -2.61. The van der Waals surface area contributed by atoms with E-state index in [2.05, 4.69) is 20.6 Å². The second kappa shape index (κ2) is 10.1. The molecule has 0 saturated carbocycles. The molecule has 8 nitrogen and oxygen atoms in total. The predicted molar refractivity (Wildman–Crippen MR) is 109 cm³/mol. The van der Waals surface area contributed by atoms with E-state index in [1.54, 1.807) is 6.20 Å². The Morgan fingerprint density at radius 1 is 1.29 bits per heavy atom. The van der Waals surface area contributed by atoms with Crippen molar-refractivity contribution in [1.29, 1.82) is 0 Å². The van der Waals surface area contributed by atoms with Crippen LogP contribution in [-0.4, -0.2) is 47.5 Å². The van der Waals surface area contributed by atoms with E-state index in [1.165, 1.54) is 19.2 Å². The summed E-state index contributed by atoms with van der Waals surface area (Å²) in [6.45, 7) is 6.64. The molecule has 3 rings (SSSR count). The first kappa shape index (κ1) is 24.0. The van der Waals surface area contributed by atoms with E-state index in [4.69, 9.17) is 9.47 Å². The molecule has 3 heterocycles. The van der Waals surface area contributed by atoms with Crippen molar-refractivity contribution in [3.8, 4) is 11.8 Å². The molecule has 0 aromatic carbocycles. The first-order chi connectivity index (χ1) is 14.5. The van der Waals surface area contributed by atoms with Crippen LogP contribution in [0.5, 0.6) is 11.8 Å². The van der Waals surface area contributed by atoms with Gasteiger partial charge in [-0.05, 0) is 51.5 Å². The van der Waals surface area contributed by atoms with Crippen LogP contribution < -0.4 is 20.1 Å². The lowest BCUT2D eigenvalue weighted by molar-refractivity contribution is -0.111. The van der Waals surface area contributed by atoms with Gasteiger partial charge in [-0.1, -0.05) is 0 Å². The number of amides is 2. The van der Waals surface area contributed by atoms with Gasteiger partial charge in [-0.3, -0.25) is 14.6 Å². The first-order valence-electron chi connectivity index (χ1n) is 9.55. The standard InChI is InChI=1S/C17H19F2N3O3.C4H7NO/c1-10-8-12(6-7-20-10)11(2)21-16(23)13-4-5-15(22-17(13)24-3)25-9-14(18)19;1-4(2)3(6)5-4/h4-8,11,14H,9H2,1-3H3,(H,21,23);1-2H3,(H,5,6). The summed E-state index contributed by atoms with van der Waals surface area (Å²) in [5.41, 5.74) is 1.76. The topological polar surface area (TPSA) is 112 Å². The molecule has 1 aliphatic heterocycles. The predicted octanol–water partition coefficient (Wildman–Crippen LogP) is 2.82. The lowest BCUT2D eigenvalue weighted by Crippen LogP contribution is -2.27.